The van der Waals surface area contributed by atoms with Crippen LogP contribution in [-0.4, -0.2) is 56.6 Å². The molecule has 1 aromatic heterocycles. The topological polar surface area (TPSA) is 103 Å². The van der Waals surface area contributed by atoms with Crippen LogP contribution in [0.25, 0.3) is 0 Å². The molecule has 2 amide bonds. The van der Waals surface area contributed by atoms with Gasteiger partial charge in [-0.15, -0.1) is 0 Å². The molecule has 0 radical (unpaired) electrons. The van der Waals surface area contributed by atoms with E-state index in [1.165, 1.54) is 26.2 Å². The van der Waals surface area contributed by atoms with E-state index in [1.807, 2.05) is 0 Å². The Hall–Kier alpha value is -1.99. The minimum absolute atomic E-state index is 0.153. The van der Waals surface area contributed by atoms with Crippen LogP contribution in [0, 0.1) is 0 Å². The van der Waals surface area contributed by atoms with E-state index in [0.29, 0.717) is 18.7 Å². The van der Waals surface area contributed by atoms with Gasteiger partial charge in [-0.05, 0) is 44.4 Å². The first-order chi connectivity index (χ1) is 11.3. The second-order valence-corrected chi connectivity index (χ2v) is 6.79. The Balaban J connectivity index is 2.17. The highest BCUT2D eigenvalue weighted by molar-refractivity contribution is 5.88. The van der Waals surface area contributed by atoms with Crippen molar-refractivity contribution in [3.8, 4) is 0 Å². The third-order valence-electron chi connectivity index (χ3n) is 3.96. The predicted octanol–water partition coefficient (Wildman–Crippen LogP) is 0.383. The van der Waals surface area contributed by atoms with Crippen molar-refractivity contribution in [3.05, 3.63) is 30.1 Å². The molecule has 1 aromatic rings. The molecule has 0 aromatic carbocycles. The van der Waals surface area contributed by atoms with Crippen molar-refractivity contribution >= 4 is 11.8 Å². The molecule has 2 atom stereocenters. The number of hydrogen-bond acceptors (Lipinski definition) is 5. The van der Waals surface area contributed by atoms with Crippen LogP contribution >= 0.6 is 0 Å². The van der Waals surface area contributed by atoms with Gasteiger partial charge in [-0.2, -0.15) is 0 Å². The number of aliphatic hydroxyl groups is 2. The number of rotatable bonds is 6. The quantitative estimate of drug-likeness (QED) is 0.697. The first-order valence-electron chi connectivity index (χ1n) is 8.16. The lowest BCUT2D eigenvalue weighted by molar-refractivity contribution is -0.140. The molecule has 1 fully saturated rings. The van der Waals surface area contributed by atoms with Gasteiger partial charge in [0.25, 0.3) is 0 Å². The molecular formula is C17H25N3O4. The van der Waals surface area contributed by atoms with Crippen molar-refractivity contribution in [1.82, 2.24) is 15.2 Å². The van der Waals surface area contributed by atoms with E-state index in [2.05, 4.69) is 10.3 Å². The van der Waals surface area contributed by atoms with Crippen LogP contribution in [0.2, 0.25) is 0 Å². The molecule has 1 saturated heterocycles. The van der Waals surface area contributed by atoms with Crippen LogP contribution in [0.15, 0.2) is 24.5 Å². The van der Waals surface area contributed by atoms with E-state index in [9.17, 15) is 19.8 Å². The number of pyridine rings is 1. The number of nitrogens with one attached hydrogen (secondary N) is 1. The molecule has 0 unspecified atom stereocenters. The number of nitrogens with zero attached hydrogens (tertiary/aromatic N) is 2. The maximum atomic E-state index is 12.7. The zero-order valence-electron chi connectivity index (χ0n) is 14.1. The first-order valence-corrected chi connectivity index (χ1v) is 8.16. The predicted molar refractivity (Wildman–Crippen MR) is 87.9 cm³/mol. The summed E-state index contributed by atoms with van der Waals surface area (Å²) in [5, 5.41) is 23.0. The number of carbonyl (C=O) groups is 2. The lowest BCUT2D eigenvalue weighted by atomic mass is 10.0. The number of amides is 2. The zero-order chi connectivity index (χ0) is 17.7. The van der Waals surface area contributed by atoms with E-state index in [-0.39, 0.29) is 12.3 Å². The fraction of sp³-hybridized carbons (Fsp3) is 0.588. The summed E-state index contributed by atoms with van der Waals surface area (Å²) in [4.78, 5) is 30.4. The first kappa shape index (κ1) is 18.4. The van der Waals surface area contributed by atoms with Crippen molar-refractivity contribution in [3.63, 3.8) is 0 Å². The number of hydrogen-bond donors (Lipinski definition) is 3. The molecule has 2 heterocycles. The van der Waals surface area contributed by atoms with Gasteiger partial charge < -0.3 is 20.4 Å². The fourth-order valence-corrected chi connectivity index (χ4v) is 2.78. The second-order valence-electron chi connectivity index (χ2n) is 6.79. The van der Waals surface area contributed by atoms with Gasteiger partial charge in [0.05, 0.1) is 12.0 Å². The Morgan fingerprint density at radius 3 is 2.42 bits per heavy atom. The average molecular weight is 335 g/mol. The Morgan fingerprint density at radius 1 is 1.29 bits per heavy atom. The number of aliphatic hydroxyl groups excluding tert-OH is 1. The highest BCUT2D eigenvalue weighted by Gasteiger charge is 2.34. The molecule has 3 N–H and O–H groups in total. The molecule has 1 aliphatic heterocycles. The Bertz CT molecular complexity index is 565. The van der Waals surface area contributed by atoms with Crippen molar-refractivity contribution in [2.24, 2.45) is 0 Å². The van der Waals surface area contributed by atoms with Gasteiger partial charge in [0.2, 0.25) is 11.8 Å². The monoisotopic (exact) mass is 335 g/mol. The lowest BCUT2D eigenvalue weighted by Crippen LogP contribution is -2.51. The van der Waals surface area contributed by atoms with Gasteiger partial charge in [0.15, 0.2) is 0 Å². The summed E-state index contributed by atoms with van der Waals surface area (Å²) in [5.74, 6) is -0.783. The van der Waals surface area contributed by atoms with E-state index in [0.717, 1.165) is 12.8 Å². The summed E-state index contributed by atoms with van der Waals surface area (Å²) >= 11 is 0. The normalized spacial score (nSPS) is 17.4. The van der Waals surface area contributed by atoms with Crippen molar-refractivity contribution in [2.75, 3.05) is 13.1 Å². The van der Waals surface area contributed by atoms with Crippen LogP contribution in [0.1, 0.15) is 44.8 Å². The van der Waals surface area contributed by atoms with E-state index < -0.39 is 23.7 Å². The van der Waals surface area contributed by atoms with Crippen molar-refractivity contribution < 1.29 is 19.8 Å². The molecule has 0 aliphatic carbocycles. The summed E-state index contributed by atoms with van der Waals surface area (Å²) in [5.41, 5.74) is -0.682. The Kier molecular flexibility index (Phi) is 5.90. The SMILES string of the molecule is CC(C)(O)CC(=O)N[C@@H](C(=O)N1CCCC1)[C@H](O)c1ccncc1. The third kappa shape index (κ3) is 5.01. The Labute approximate surface area is 141 Å². The molecule has 7 heteroatoms. The van der Waals surface area contributed by atoms with Crippen LogP contribution in [0.5, 0.6) is 0 Å². The molecule has 0 saturated carbocycles. The van der Waals surface area contributed by atoms with Gasteiger partial charge in [0.1, 0.15) is 12.1 Å². The molecule has 2 rings (SSSR count). The standard InChI is InChI=1S/C17H25N3O4/c1-17(2,24)11-13(21)19-14(16(23)20-9-3-4-10-20)15(22)12-5-7-18-8-6-12/h5-8,14-15,22,24H,3-4,9-11H2,1-2H3,(H,19,21)/t14-,15-/m1/s1. The van der Waals surface area contributed by atoms with Gasteiger partial charge in [-0.1, -0.05) is 0 Å². The minimum atomic E-state index is -1.19. The van der Waals surface area contributed by atoms with Crippen LogP contribution in [0.4, 0.5) is 0 Å². The number of likely N-dealkylation sites (tertiary alicyclic amines) is 1. The third-order valence-corrected chi connectivity index (χ3v) is 3.96. The molecule has 1 aliphatic rings. The van der Waals surface area contributed by atoms with E-state index in [4.69, 9.17) is 0 Å². The number of carbonyl (C=O) groups excluding carboxylic acids is 2. The molecule has 0 spiro atoms. The highest BCUT2D eigenvalue weighted by Crippen LogP contribution is 2.20. The maximum Gasteiger partial charge on any atom is 0.248 e. The van der Waals surface area contributed by atoms with Gasteiger partial charge in [0, 0.05) is 25.5 Å². The molecule has 132 valence electrons. The van der Waals surface area contributed by atoms with Crippen molar-refractivity contribution in [1.29, 1.82) is 0 Å². The Morgan fingerprint density at radius 2 is 1.88 bits per heavy atom. The second kappa shape index (κ2) is 7.72. The highest BCUT2D eigenvalue weighted by atomic mass is 16.3. The van der Waals surface area contributed by atoms with E-state index in [1.54, 1.807) is 17.0 Å². The molecule has 24 heavy (non-hydrogen) atoms. The number of aromatic nitrogens is 1. The fourth-order valence-electron chi connectivity index (χ4n) is 2.78. The summed E-state index contributed by atoms with van der Waals surface area (Å²) in [6, 6.07) is 2.13. The summed E-state index contributed by atoms with van der Waals surface area (Å²) < 4.78 is 0. The van der Waals surface area contributed by atoms with E-state index >= 15 is 0 Å². The zero-order valence-corrected chi connectivity index (χ0v) is 14.1. The van der Waals surface area contributed by atoms with Gasteiger partial charge >= 0.3 is 0 Å². The molecule has 7 nitrogen and oxygen atoms in total. The lowest BCUT2D eigenvalue weighted by Gasteiger charge is -2.28. The van der Waals surface area contributed by atoms with Crippen molar-refractivity contribution in [2.45, 2.75) is 50.9 Å². The van der Waals surface area contributed by atoms with Gasteiger partial charge in [-0.3, -0.25) is 14.6 Å². The summed E-state index contributed by atoms with van der Waals surface area (Å²) in [6.07, 6.45) is 3.55. The summed E-state index contributed by atoms with van der Waals surface area (Å²) in [6.45, 7) is 4.28. The smallest absolute Gasteiger partial charge is 0.248 e. The van der Waals surface area contributed by atoms with Crippen LogP contribution < -0.4 is 5.32 Å². The van der Waals surface area contributed by atoms with Gasteiger partial charge in [-0.25, -0.2) is 0 Å². The average Bonchev–Trinajstić information content (AvgIpc) is 3.05. The largest absolute Gasteiger partial charge is 0.390 e. The summed E-state index contributed by atoms with van der Waals surface area (Å²) in [7, 11) is 0. The molecule has 0 bridgehead atoms. The maximum absolute atomic E-state index is 12.7. The minimum Gasteiger partial charge on any atom is -0.390 e. The van der Waals surface area contributed by atoms with Crippen LogP contribution in [-0.2, 0) is 9.59 Å². The van der Waals surface area contributed by atoms with Crippen LogP contribution in [0.3, 0.4) is 0 Å². The molecular weight excluding hydrogens is 310 g/mol.